The molecule has 0 aromatic heterocycles. The maximum Gasteiger partial charge on any atom is 0.248 e. The van der Waals surface area contributed by atoms with E-state index in [9.17, 15) is 4.79 Å². The lowest BCUT2D eigenvalue weighted by Gasteiger charge is -2.07. The molecule has 2 aromatic rings. The Hall–Kier alpha value is -2.35. The molecule has 0 spiro atoms. The van der Waals surface area contributed by atoms with Crippen molar-refractivity contribution in [3.8, 4) is 0 Å². The molecule has 19 heavy (non-hydrogen) atoms. The van der Waals surface area contributed by atoms with Gasteiger partial charge in [0.05, 0.1) is 0 Å². The molecular weight excluding hydrogens is 234 g/mol. The third kappa shape index (κ3) is 3.81. The molecule has 2 aromatic carbocycles. The maximum atomic E-state index is 11.9. The van der Waals surface area contributed by atoms with Crippen LogP contribution in [0.25, 0.3) is 6.08 Å². The first-order valence-electron chi connectivity index (χ1n) is 6.26. The molecule has 0 unspecified atom stereocenters. The highest BCUT2D eigenvalue weighted by atomic mass is 16.1. The smallest absolute Gasteiger partial charge is 0.248 e. The molecule has 0 aliphatic carbocycles. The fourth-order valence-electron chi connectivity index (χ4n) is 1.78. The Morgan fingerprint density at radius 2 is 1.79 bits per heavy atom. The summed E-state index contributed by atoms with van der Waals surface area (Å²) in [6, 6.07) is 15.8. The minimum atomic E-state index is -0.113. The zero-order valence-corrected chi connectivity index (χ0v) is 11.2. The zero-order valence-electron chi connectivity index (χ0n) is 11.2. The number of amides is 1. The minimum Gasteiger partial charge on any atom is -0.322 e. The maximum absolute atomic E-state index is 11.9. The average Bonchev–Trinajstić information content (AvgIpc) is 2.42. The van der Waals surface area contributed by atoms with Crippen LogP contribution in [0.2, 0.25) is 0 Å². The fraction of sp³-hybridized carbons (Fsp3) is 0.118. The van der Waals surface area contributed by atoms with Crippen LogP contribution in [0.1, 0.15) is 16.7 Å². The van der Waals surface area contributed by atoms with Crippen molar-refractivity contribution in [2.45, 2.75) is 13.8 Å². The summed E-state index contributed by atoms with van der Waals surface area (Å²) in [5.74, 6) is -0.113. The number of hydrogen-bond donors (Lipinski definition) is 1. The molecule has 0 aliphatic rings. The molecule has 2 rings (SSSR count). The van der Waals surface area contributed by atoms with E-state index in [0.717, 1.165) is 22.4 Å². The van der Waals surface area contributed by atoms with Crippen molar-refractivity contribution in [3.63, 3.8) is 0 Å². The van der Waals surface area contributed by atoms with Crippen molar-refractivity contribution in [2.24, 2.45) is 0 Å². The van der Waals surface area contributed by atoms with E-state index in [4.69, 9.17) is 0 Å². The number of carbonyl (C=O) groups excluding carboxylic acids is 1. The number of anilines is 1. The minimum absolute atomic E-state index is 0.113. The van der Waals surface area contributed by atoms with Crippen LogP contribution in [0, 0.1) is 13.8 Å². The van der Waals surface area contributed by atoms with Gasteiger partial charge in [-0.25, -0.2) is 0 Å². The van der Waals surface area contributed by atoms with Crippen molar-refractivity contribution in [2.75, 3.05) is 5.32 Å². The van der Waals surface area contributed by atoms with Gasteiger partial charge in [-0.3, -0.25) is 4.79 Å². The summed E-state index contributed by atoms with van der Waals surface area (Å²) in [5.41, 5.74) is 4.07. The van der Waals surface area contributed by atoms with Gasteiger partial charge in [-0.15, -0.1) is 0 Å². The predicted octanol–water partition coefficient (Wildman–Crippen LogP) is 3.96. The van der Waals surface area contributed by atoms with Gasteiger partial charge < -0.3 is 5.32 Å². The molecule has 0 heterocycles. The Kier molecular flexibility index (Phi) is 4.14. The number of nitrogens with one attached hydrogen (secondary N) is 1. The Labute approximate surface area is 113 Å². The van der Waals surface area contributed by atoms with Gasteiger partial charge in [-0.1, -0.05) is 42.5 Å². The van der Waals surface area contributed by atoms with E-state index in [1.807, 2.05) is 62.4 Å². The lowest BCUT2D eigenvalue weighted by Crippen LogP contribution is -2.09. The van der Waals surface area contributed by atoms with Gasteiger partial charge in [0, 0.05) is 11.8 Å². The lowest BCUT2D eigenvalue weighted by molar-refractivity contribution is -0.111. The summed E-state index contributed by atoms with van der Waals surface area (Å²) in [4.78, 5) is 11.9. The standard InChI is InChI=1S/C17H17NO/c1-13-8-9-14(2)16(12-13)18-17(19)11-10-15-6-4-3-5-7-15/h3-12H,1-2H3,(H,18,19)/b11-10-. The van der Waals surface area contributed by atoms with Crippen LogP contribution in [0.15, 0.2) is 54.6 Å². The van der Waals surface area contributed by atoms with Gasteiger partial charge in [0.15, 0.2) is 0 Å². The first-order valence-corrected chi connectivity index (χ1v) is 6.26. The Morgan fingerprint density at radius 1 is 1.05 bits per heavy atom. The summed E-state index contributed by atoms with van der Waals surface area (Å²) in [7, 11) is 0. The van der Waals surface area contributed by atoms with E-state index in [0.29, 0.717) is 0 Å². The third-order valence-corrected chi connectivity index (χ3v) is 2.88. The second kappa shape index (κ2) is 6.01. The molecule has 1 amide bonds. The molecule has 0 fully saturated rings. The van der Waals surface area contributed by atoms with Gasteiger partial charge in [0.25, 0.3) is 0 Å². The second-order valence-corrected chi connectivity index (χ2v) is 4.55. The van der Waals surface area contributed by atoms with Gasteiger partial charge in [-0.2, -0.15) is 0 Å². The Morgan fingerprint density at radius 3 is 2.53 bits per heavy atom. The van der Waals surface area contributed by atoms with E-state index in [2.05, 4.69) is 5.32 Å². The van der Waals surface area contributed by atoms with E-state index in [1.165, 1.54) is 0 Å². The SMILES string of the molecule is Cc1ccc(C)c(NC(=O)/C=C\c2ccccc2)c1. The topological polar surface area (TPSA) is 29.1 Å². The molecule has 0 aliphatic heterocycles. The molecule has 0 saturated heterocycles. The number of aryl methyl sites for hydroxylation is 2. The summed E-state index contributed by atoms with van der Waals surface area (Å²) in [5, 5.41) is 2.90. The van der Waals surface area contributed by atoms with Gasteiger partial charge in [0.2, 0.25) is 5.91 Å². The predicted molar refractivity (Wildman–Crippen MR) is 80.0 cm³/mol. The summed E-state index contributed by atoms with van der Waals surface area (Å²) in [6.45, 7) is 3.99. The summed E-state index contributed by atoms with van der Waals surface area (Å²) in [6.07, 6.45) is 3.36. The van der Waals surface area contributed by atoms with Crippen molar-refractivity contribution in [3.05, 3.63) is 71.3 Å². The first kappa shape index (κ1) is 13.1. The highest BCUT2D eigenvalue weighted by molar-refractivity contribution is 6.02. The third-order valence-electron chi connectivity index (χ3n) is 2.88. The van der Waals surface area contributed by atoms with Crippen molar-refractivity contribution < 1.29 is 4.79 Å². The van der Waals surface area contributed by atoms with E-state index < -0.39 is 0 Å². The van der Waals surface area contributed by atoms with Crippen LogP contribution in [-0.2, 0) is 4.79 Å². The highest BCUT2D eigenvalue weighted by Gasteiger charge is 2.01. The normalized spacial score (nSPS) is 10.6. The van der Waals surface area contributed by atoms with Crippen molar-refractivity contribution in [1.29, 1.82) is 0 Å². The van der Waals surface area contributed by atoms with E-state index >= 15 is 0 Å². The molecule has 0 saturated carbocycles. The molecule has 2 heteroatoms. The van der Waals surface area contributed by atoms with Crippen LogP contribution >= 0.6 is 0 Å². The average molecular weight is 251 g/mol. The van der Waals surface area contributed by atoms with E-state index in [1.54, 1.807) is 12.2 Å². The largest absolute Gasteiger partial charge is 0.322 e. The van der Waals surface area contributed by atoms with E-state index in [-0.39, 0.29) is 5.91 Å². The Bertz CT molecular complexity index is 600. The highest BCUT2D eigenvalue weighted by Crippen LogP contribution is 2.16. The van der Waals surface area contributed by atoms with Crippen LogP contribution in [0.3, 0.4) is 0 Å². The molecule has 2 nitrogen and oxygen atoms in total. The van der Waals surface area contributed by atoms with Crippen LogP contribution < -0.4 is 5.32 Å². The van der Waals surface area contributed by atoms with Crippen LogP contribution in [0.5, 0.6) is 0 Å². The van der Waals surface area contributed by atoms with Gasteiger partial charge in [-0.05, 0) is 42.7 Å². The van der Waals surface area contributed by atoms with Crippen LogP contribution in [0.4, 0.5) is 5.69 Å². The second-order valence-electron chi connectivity index (χ2n) is 4.55. The van der Waals surface area contributed by atoms with Crippen molar-refractivity contribution >= 4 is 17.7 Å². The number of hydrogen-bond acceptors (Lipinski definition) is 1. The molecule has 0 bridgehead atoms. The molecule has 0 atom stereocenters. The van der Waals surface area contributed by atoms with Gasteiger partial charge in [0.1, 0.15) is 0 Å². The monoisotopic (exact) mass is 251 g/mol. The molecule has 1 N–H and O–H groups in total. The molecular formula is C17H17NO. The fourth-order valence-corrected chi connectivity index (χ4v) is 1.78. The van der Waals surface area contributed by atoms with Gasteiger partial charge >= 0.3 is 0 Å². The molecule has 0 radical (unpaired) electrons. The first-order chi connectivity index (χ1) is 9.15. The number of rotatable bonds is 3. The van der Waals surface area contributed by atoms with Crippen LogP contribution in [-0.4, -0.2) is 5.91 Å². The number of carbonyl (C=O) groups is 1. The zero-order chi connectivity index (χ0) is 13.7. The quantitative estimate of drug-likeness (QED) is 0.822. The summed E-state index contributed by atoms with van der Waals surface area (Å²) >= 11 is 0. The molecule has 96 valence electrons. The van der Waals surface area contributed by atoms with Crippen molar-refractivity contribution in [1.82, 2.24) is 0 Å². The number of benzene rings is 2. The Balaban J connectivity index is 2.06. The summed E-state index contributed by atoms with van der Waals surface area (Å²) < 4.78 is 0. The lowest BCUT2D eigenvalue weighted by atomic mass is 10.1.